The molecule has 2 aromatic carbocycles. The number of carboxylic acid groups (broad SMARTS) is 1. The molecule has 2 aromatic rings. The molecule has 1 fully saturated rings. The molecule has 0 bridgehead atoms. The molecule has 0 spiro atoms. The number of hydrogen-bond donors (Lipinski definition) is 2. The number of nitrogens with one attached hydrogen (secondary N) is 1. The first kappa shape index (κ1) is 23.8. The van der Waals surface area contributed by atoms with Crippen molar-refractivity contribution < 1.29 is 29.1 Å². The van der Waals surface area contributed by atoms with Gasteiger partial charge in [-0.15, -0.1) is 0 Å². The first-order valence-corrected chi connectivity index (χ1v) is 11.0. The summed E-state index contributed by atoms with van der Waals surface area (Å²) in [6.07, 6.45) is 1.61. The SMILES string of the molecule is COc1cc(/C=C2/SC(=Nc3ccc([N+](=O)[O-])cc3Br)NC2=O)cc(Br)c1OCC(=O)O. The van der Waals surface area contributed by atoms with Crippen molar-refractivity contribution in [1.82, 2.24) is 5.32 Å². The molecule has 0 unspecified atom stereocenters. The van der Waals surface area contributed by atoms with Crippen LogP contribution in [-0.2, 0) is 9.59 Å². The average Bonchev–Trinajstić information content (AvgIpc) is 3.06. The quantitative estimate of drug-likeness (QED) is 0.275. The monoisotopic (exact) mass is 585 g/mol. The number of methoxy groups -OCH3 is 1. The van der Waals surface area contributed by atoms with E-state index in [-0.39, 0.29) is 17.3 Å². The largest absolute Gasteiger partial charge is 0.493 e. The average molecular weight is 587 g/mol. The number of aliphatic carboxylic acids is 1. The van der Waals surface area contributed by atoms with Gasteiger partial charge in [0.2, 0.25) is 0 Å². The van der Waals surface area contributed by atoms with E-state index in [1.165, 1.54) is 25.3 Å². The lowest BCUT2D eigenvalue weighted by Gasteiger charge is -2.12. The molecule has 32 heavy (non-hydrogen) atoms. The van der Waals surface area contributed by atoms with Crippen LogP contribution < -0.4 is 14.8 Å². The number of aliphatic imine (C=N–C) groups is 1. The van der Waals surface area contributed by atoms with E-state index in [2.05, 4.69) is 42.2 Å². The summed E-state index contributed by atoms with van der Waals surface area (Å²) in [6.45, 7) is -0.536. The highest BCUT2D eigenvalue weighted by molar-refractivity contribution is 9.11. The Kier molecular flexibility index (Phi) is 7.53. The van der Waals surface area contributed by atoms with Crippen LogP contribution in [0.1, 0.15) is 5.56 Å². The lowest BCUT2D eigenvalue weighted by Crippen LogP contribution is -2.19. The van der Waals surface area contributed by atoms with Crippen molar-refractivity contribution in [2.24, 2.45) is 4.99 Å². The van der Waals surface area contributed by atoms with Gasteiger partial charge in [0.15, 0.2) is 23.3 Å². The molecule has 0 aromatic heterocycles. The van der Waals surface area contributed by atoms with E-state index in [4.69, 9.17) is 14.6 Å². The summed E-state index contributed by atoms with van der Waals surface area (Å²) in [5.41, 5.74) is 0.940. The smallest absolute Gasteiger partial charge is 0.341 e. The van der Waals surface area contributed by atoms with Gasteiger partial charge in [-0.2, -0.15) is 0 Å². The lowest BCUT2D eigenvalue weighted by atomic mass is 10.2. The van der Waals surface area contributed by atoms with Crippen LogP contribution in [0, 0.1) is 10.1 Å². The van der Waals surface area contributed by atoms with Gasteiger partial charge in [0.25, 0.3) is 11.6 Å². The number of non-ortho nitro benzene ring substituents is 1. The molecular weight excluding hydrogens is 574 g/mol. The van der Waals surface area contributed by atoms with Gasteiger partial charge in [0.1, 0.15) is 0 Å². The summed E-state index contributed by atoms with van der Waals surface area (Å²) in [4.78, 5) is 38.2. The highest BCUT2D eigenvalue weighted by Crippen LogP contribution is 2.38. The van der Waals surface area contributed by atoms with Crippen molar-refractivity contribution in [3.63, 3.8) is 0 Å². The fraction of sp³-hybridized carbons (Fsp3) is 0.105. The zero-order chi connectivity index (χ0) is 23.4. The van der Waals surface area contributed by atoms with E-state index >= 15 is 0 Å². The van der Waals surface area contributed by atoms with E-state index < -0.39 is 17.5 Å². The summed E-state index contributed by atoms with van der Waals surface area (Å²) >= 11 is 7.66. The molecule has 166 valence electrons. The Morgan fingerprint density at radius 3 is 2.69 bits per heavy atom. The fourth-order valence-corrected chi connectivity index (χ4v) is 4.40. The summed E-state index contributed by atoms with van der Waals surface area (Å²) < 4.78 is 11.4. The maximum absolute atomic E-state index is 12.4. The van der Waals surface area contributed by atoms with Gasteiger partial charge in [0, 0.05) is 12.1 Å². The van der Waals surface area contributed by atoms with Crippen LogP contribution >= 0.6 is 43.6 Å². The van der Waals surface area contributed by atoms with Crippen molar-refractivity contribution >= 4 is 78.1 Å². The van der Waals surface area contributed by atoms with Crippen LogP contribution in [0.3, 0.4) is 0 Å². The number of benzene rings is 2. The van der Waals surface area contributed by atoms with Gasteiger partial charge in [0.05, 0.1) is 31.6 Å². The van der Waals surface area contributed by atoms with Gasteiger partial charge in [-0.1, -0.05) is 0 Å². The Hall–Kier alpha value is -2.90. The maximum Gasteiger partial charge on any atom is 0.341 e. The van der Waals surface area contributed by atoms with Gasteiger partial charge < -0.3 is 19.9 Å². The van der Waals surface area contributed by atoms with Crippen molar-refractivity contribution in [2.75, 3.05) is 13.7 Å². The van der Waals surface area contributed by atoms with Crippen LogP contribution in [-0.4, -0.2) is 40.8 Å². The summed E-state index contributed by atoms with van der Waals surface area (Å²) in [5.74, 6) is -0.978. The molecule has 0 radical (unpaired) electrons. The molecule has 13 heteroatoms. The molecule has 0 atom stereocenters. The number of nitro groups is 1. The highest BCUT2D eigenvalue weighted by Gasteiger charge is 2.25. The van der Waals surface area contributed by atoms with Gasteiger partial charge in [-0.05, 0) is 73.5 Å². The second-order valence-electron chi connectivity index (χ2n) is 6.09. The van der Waals surface area contributed by atoms with E-state index in [1.807, 2.05) is 0 Å². The number of nitro benzene ring substituents is 1. The molecule has 3 rings (SSSR count). The van der Waals surface area contributed by atoms with Crippen molar-refractivity contribution in [3.8, 4) is 11.5 Å². The van der Waals surface area contributed by atoms with Crippen molar-refractivity contribution in [1.29, 1.82) is 0 Å². The molecule has 1 amide bonds. The minimum atomic E-state index is -1.13. The zero-order valence-corrected chi connectivity index (χ0v) is 20.1. The predicted molar refractivity (Wildman–Crippen MR) is 125 cm³/mol. The Balaban J connectivity index is 1.85. The van der Waals surface area contributed by atoms with Gasteiger partial charge >= 0.3 is 5.97 Å². The van der Waals surface area contributed by atoms with E-state index in [0.717, 1.165) is 11.8 Å². The number of carbonyl (C=O) groups is 2. The normalized spacial score (nSPS) is 15.7. The maximum atomic E-state index is 12.4. The number of rotatable bonds is 7. The first-order chi connectivity index (χ1) is 15.2. The Bertz CT molecular complexity index is 1180. The number of ether oxygens (including phenoxy) is 2. The van der Waals surface area contributed by atoms with E-state index in [1.54, 1.807) is 18.2 Å². The second-order valence-corrected chi connectivity index (χ2v) is 8.83. The number of hydrogen-bond acceptors (Lipinski definition) is 8. The van der Waals surface area contributed by atoms with Crippen LogP contribution in [0.4, 0.5) is 11.4 Å². The molecule has 0 saturated carbocycles. The van der Waals surface area contributed by atoms with E-state index in [9.17, 15) is 19.7 Å². The van der Waals surface area contributed by atoms with Crippen LogP contribution in [0.25, 0.3) is 6.08 Å². The Labute approximate surface area is 202 Å². The number of nitrogens with zero attached hydrogens (tertiary/aromatic N) is 2. The first-order valence-electron chi connectivity index (χ1n) is 8.63. The molecule has 0 aliphatic carbocycles. The molecule has 1 heterocycles. The van der Waals surface area contributed by atoms with Gasteiger partial charge in [-0.3, -0.25) is 14.9 Å². The minimum Gasteiger partial charge on any atom is -0.493 e. The number of carbonyl (C=O) groups excluding carboxylic acids is 1. The van der Waals surface area contributed by atoms with Crippen molar-refractivity contribution in [2.45, 2.75) is 0 Å². The Morgan fingerprint density at radius 1 is 1.31 bits per heavy atom. The molecule has 10 nitrogen and oxygen atoms in total. The summed E-state index contributed by atoms with van der Waals surface area (Å²) in [6, 6.07) is 7.38. The molecule has 1 saturated heterocycles. The molecular formula is C19H13Br2N3O7S. The molecule has 1 aliphatic rings. The topological polar surface area (TPSA) is 140 Å². The van der Waals surface area contributed by atoms with E-state index in [0.29, 0.717) is 36.0 Å². The predicted octanol–water partition coefficient (Wildman–Crippen LogP) is 4.48. The standard InChI is InChI=1S/C19H13Br2N3O7S/c1-30-14-5-9(4-12(21)17(14)31-8-16(25)26)6-15-18(27)23-19(32-15)22-13-3-2-10(24(28)29)7-11(13)20/h2-7H,8H2,1H3,(H,25,26)(H,22,23,27)/b15-6+. The lowest BCUT2D eigenvalue weighted by molar-refractivity contribution is -0.384. The van der Waals surface area contributed by atoms with Crippen LogP contribution in [0.2, 0.25) is 0 Å². The summed E-state index contributed by atoms with van der Waals surface area (Å²) in [7, 11) is 1.41. The number of halogens is 2. The zero-order valence-electron chi connectivity index (χ0n) is 16.1. The summed E-state index contributed by atoms with van der Waals surface area (Å²) in [5, 5.41) is 22.6. The fourth-order valence-electron chi connectivity index (χ4n) is 2.54. The molecule has 2 N–H and O–H groups in total. The molecule has 1 aliphatic heterocycles. The van der Waals surface area contributed by atoms with Crippen molar-refractivity contribution in [3.05, 3.63) is 59.9 Å². The third-order valence-corrected chi connectivity index (χ3v) is 6.04. The van der Waals surface area contributed by atoms with Crippen LogP contribution in [0.5, 0.6) is 11.5 Å². The van der Waals surface area contributed by atoms with Crippen LogP contribution in [0.15, 0.2) is 49.2 Å². The third kappa shape index (κ3) is 5.66. The number of thioether (sulfide) groups is 1. The second kappa shape index (κ2) is 10.1. The highest BCUT2D eigenvalue weighted by atomic mass is 79.9. The van der Waals surface area contributed by atoms with Gasteiger partial charge in [-0.25, -0.2) is 9.79 Å². The number of amidine groups is 1. The minimum absolute atomic E-state index is 0.0835. The third-order valence-electron chi connectivity index (χ3n) is 3.90. The Morgan fingerprint density at radius 2 is 2.06 bits per heavy atom. The number of amides is 1. The number of carboxylic acids is 1.